The summed E-state index contributed by atoms with van der Waals surface area (Å²) in [7, 11) is 0. The highest BCUT2D eigenvalue weighted by molar-refractivity contribution is 9.10. The molecule has 0 aliphatic carbocycles. The summed E-state index contributed by atoms with van der Waals surface area (Å²) >= 11 is 3.55. The van der Waals surface area contributed by atoms with Crippen LogP contribution in [-0.2, 0) is 6.42 Å². The number of benzene rings is 2. The molecule has 2 aromatic carbocycles. The van der Waals surface area contributed by atoms with Gasteiger partial charge in [-0.3, -0.25) is 0 Å². The molecule has 0 amide bonds. The van der Waals surface area contributed by atoms with Crippen molar-refractivity contribution in [2.75, 3.05) is 11.9 Å². The van der Waals surface area contributed by atoms with Crippen molar-refractivity contribution in [1.29, 1.82) is 0 Å². The molecule has 0 aromatic heterocycles. The van der Waals surface area contributed by atoms with E-state index in [1.54, 1.807) is 0 Å². The van der Waals surface area contributed by atoms with Gasteiger partial charge in [0.1, 0.15) is 0 Å². The molecule has 2 heteroatoms. The van der Waals surface area contributed by atoms with Crippen LogP contribution in [0.2, 0.25) is 0 Å². The zero-order valence-electron chi connectivity index (χ0n) is 13.1. The molecule has 0 aliphatic rings. The summed E-state index contributed by atoms with van der Waals surface area (Å²) < 4.78 is 1.15. The first-order valence-electron chi connectivity index (χ1n) is 7.69. The lowest BCUT2D eigenvalue weighted by Crippen LogP contribution is -2.18. The first-order valence-corrected chi connectivity index (χ1v) is 8.48. The van der Waals surface area contributed by atoms with Gasteiger partial charge in [0.05, 0.1) is 0 Å². The first kappa shape index (κ1) is 16.1. The molecule has 0 radical (unpaired) electrons. The first-order chi connectivity index (χ1) is 10.1. The fourth-order valence-electron chi connectivity index (χ4n) is 2.69. The van der Waals surface area contributed by atoms with Crippen molar-refractivity contribution in [2.45, 2.75) is 33.1 Å². The van der Waals surface area contributed by atoms with Crippen LogP contribution < -0.4 is 5.32 Å². The summed E-state index contributed by atoms with van der Waals surface area (Å²) in [5.74, 6) is 1.14. The molecular weight excluding hydrogens is 322 g/mol. The van der Waals surface area contributed by atoms with Gasteiger partial charge in [-0.15, -0.1) is 0 Å². The lowest BCUT2D eigenvalue weighted by Gasteiger charge is -2.23. The third-order valence-corrected chi connectivity index (χ3v) is 4.49. The molecule has 1 nitrogen and oxygen atoms in total. The Morgan fingerprint density at radius 2 is 1.76 bits per heavy atom. The average Bonchev–Trinajstić information content (AvgIpc) is 2.49. The second-order valence-corrected chi connectivity index (χ2v) is 6.71. The molecule has 1 N–H and O–H groups in total. The Hall–Kier alpha value is -1.28. The van der Waals surface area contributed by atoms with E-state index < -0.39 is 0 Å². The van der Waals surface area contributed by atoms with Crippen molar-refractivity contribution in [3.05, 3.63) is 64.1 Å². The molecule has 0 bridgehead atoms. The quantitative estimate of drug-likeness (QED) is 0.690. The van der Waals surface area contributed by atoms with Crippen molar-refractivity contribution >= 4 is 21.6 Å². The van der Waals surface area contributed by atoms with Crippen LogP contribution in [0.4, 0.5) is 5.69 Å². The van der Waals surface area contributed by atoms with Gasteiger partial charge >= 0.3 is 0 Å². The predicted molar refractivity (Wildman–Crippen MR) is 96.0 cm³/mol. The minimum absolute atomic E-state index is 0.527. The number of halogens is 1. The third-order valence-electron chi connectivity index (χ3n) is 3.99. The molecule has 0 saturated heterocycles. The second kappa shape index (κ2) is 7.65. The van der Waals surface area contributed by atoms with Crippen LogP contribution in [0, 0.1) is 5.92 Å². The normalized spacial score (nSPS) is 12.4. The molecule has 2 rings (SSSR count). The predicted octanol–water partition coefficient (Wildman–Crippen LogP) is 5.86. The molecule has 112 valence electrons. The van der Waals surface area contributed by atoms with Crippen molar-refractivity contribution in [3.8, 4) is 0 Å². The van der Waals surface area contributed by atoms with Crippen LogP contribution in [0.5, 0.6) is 0 Å². The monoisotopic (exact) mass is 345 g/mol. The lowest BCUT2D eigenvalue weighted by molar-refractivity contribution is 0.517. The summed E-state index contributed by atoms with van der Waals surface area (Å²) in [6.07, 6.45) is 1.04. The van der Waals surface area contributed by atoms with Crippen molar-refractivity contribution in [3.63, 3.8) is 0 Å². The topological polar surface area (TPSA) is 12.0 Å². The molecule has 0 spiro atoms. The maximum absolute atomic E-state index is 3.65. The molecule has 1 atom stereocenters. The van der Waals surface area contributed by atoms with Gasteiger partial charge in [-0.2, -0.15) is 0 Å². The van der Waals surface area contributed by atoms with E-state index in [9.17, 15) is 0 Å². The van der Waals surface area contributed by atoms with Crippen molar-refractivity contribution in [1.82, 2.24) is 0 Å². The largest absolute Gasteiger partial charge is 0.384 e. The van der Waals surface area contributed by atoms with Gasteiger partial charge in [-0.1, -0.05) is 67.0 Å². The number of aryl methyl sites for hydroxylation is 1. The van der Waals surface area contributed by atoms with Crippen molar-refractivity contribution in [2.24, 2.45) is 5.92 Å². The molecule has 0 heterocycles. The van der Waals surface area contributed by atoms with Gasteiger partial charge in [-0.05, 0) is 41.7 Å². The van der Waals surface area contributed by atoms with Crippen LogP contribution in [0.15, 0.2) is 53.0 Å². The van der Waals surface area contributed by atoms with Gasteiger partial charge in [0.2, 0.25) is 0 Å². The Morgan fingerprint density at radius 1 is 1.05 bits per heavy atom. The lowest BCUT2D eigenvalue weighted by atomic mass is 9.88. The molecule has 2 aromatic rings. The van der Waals surface area contributed by atoms with E-state index in [1.165, 1.54) is 16.8 Å². The number of nitrogens with one attached hydrogen (secondary N) is 1. The van der Waals surface area contributed by atoms with Gasteiger partial charge in [0.15, 0.2) is 0 Å². The summed E-state index contributed by atoms with van der Waals surface area (Å²) in [4.78, 5) is 0. The highest BCUT2D eigenvalue weighted by atomic mass is 79.9. The molecule has 0 aliphatic heterocycles. The highest BCUT2D eigenvalue weighted by Gasteiger charge is 2.15. The van der Waals surface area contributed by atoms with Crippen LogP contribution >= 0.6 is 15.9 Å². The summed E-state index contributed by atoms with van der Waals surface area (Å²) in [5, 5.41) is 3.65. The van der Waals surface area contributed by atoms with E-state index in [0.717, 1.165) is 17.4 Å². The van der Waals surface area contributed by atoms with E-state index >= 15 is 0 Å². The Bertz CT molecular complexity index is 563. The Labute approximate surface area is 136 Å². The standard InChI is InChI=1S/C19H24BrN/c1-4-15-12-17(20)10-11-19(15)21-13-18(14(2)3)16-8-6-5-7-9-16/h5-12,14,18,21H,4,13H2,1-3H3. The number of anilines is 1. The molecule has 0 saturated carbocycles. The average molecular weight is 346 g/mol. The smallest absolute Gasteiger partial charge is 0.0373 e. The van der Waals surface area contributed by atoms with Gasteiger partial charge < -0.3 is 5.32 Å². The molecule has 0 fully saturated rings. The molecule has 21 heavy (non-hydrogen) atoms. The minimum Gasteiger partial charge on any atom is -0.384 e. The zero-order chi connectivity index (χ0) is 15.2. The number of hydrogen-bond acceptors (Lipinski definition) is 1. The van der Waals surface area contributed by atoms with Gasteiger partial charge in [0, 0.05) is 22.6 Å². The van der Waals surface area contributed by atoms with Gasteiger partial charge in [-0.25, -0.2) is 0 Å². The highest BCUT2D eigenvalue weighted by Crippen LogP contribution is 2.27. The van der Waals surface area contributed by atoms with Crippen LogP contribution in [0.3, 0.4) is 0 Å². The van der Waals surface area contributed by atoms with Crippen molar-refractivity contribution < 1.29 is 0 Å². The van der Waals surface area contributed by atoms with E-state index in [-0.39, 0.29) is 0 Å². The SMILES string of the molecule is CCc1cc(Br)ccc1NCC(c1ccccc1)C(C)C. The Balaban J connectivity index is 2.13. The Morgan fingerprint density at radius 3 is 2.38 bits per heavy atom. The third kappa shape index (κ3) is 4.34. The van der Waals surface area contributed by atoms with E-state index in [2.05, 4.69) is 90.5 Å². The maximum Gasteiger partial charge on any atom is 0.0373 e. The molecular formula is C19H24BrN. The van der Waals surface area contributed by atoms with E-state index in [4.69, 9.17) is 0 Å². The van der Waals surface area contributed by atoms with Crippen LogP contribution in [-0.4, -0.2) is 6.54 Å². The summed E-state index contributed by atoms with van der Waals surface area (Å²) in [6, 6.07) is 17.3. The fourth-order valence-corrected chi connectivity index (χ4v) is 3.09. The van der Waals surface area contributed by atoms with E-state index in [0.29, 0.717) is 11.8 Å². The summed E-state index contributed by atoms with van der Waals surface area (Å²) in [5.41, 5.74) is 4.03. The van der Waals surface area contributed by atoms with Crippen LogP contribution in [0.25, 0.3) is 0 Å². The van der Waals surface area contributed by atoms with Gasteiger partial charge in [0.25, 0.3) is 0 Å². The molecule has 1 unspecified atom stereocenters. The zero-order valence-corrected chi connectivity index (χ0v) is 14.7. The van der Waals surface area contributed by atoms with Crippen LogP contribution in [0.1, 0.15) is 37.8 Å². The number of hydrogen-bond donors (Lipinski definition) is 1. The maximum atomic E-state index is 3.65. The number of rotatable bonds is 6. The fraction of sp³-hybridized carbons (Fsp3) is 0.368. The van der Waals surface area contributed by atoms with E-state index in [1.807, 2.05) is 0 Å². The minimum atomic E-state index is 0.527. The summed E-state index contributed by atoms with van der Waals surface area (Å²) in [6.45, 7) is 7.75. The second-order valence-electron chi connectivity index (χ2n) is 5.80. The Kier molecular flexibility index (Phi) is 5.86.